The maximum Gasteiger partial charge on any atom is 0.119 e. The van der Waals surface area contributed by atoms with Crippen LogP contribution in [0.3, 0.4) is 0 Å². The van der Waals surface area contributed by atoms with Gasteiger partial charge < -0.3 is 10.2 Å². The average Bonchev–Trinajstić information content (AvgIpc) is 3.51. The van der Waals surface area contributed by atoms with Crippen LogP contribution in [0.4, 0.5) is 0 Å². The van der Waals surface area contributed by atoms with Gasteiger partial charge in [-0.1, -0.05) is 86.2 Å². The molecule has 0 radical (unpaired) electrons. The van der Waals surface area contributed by atoms with Gasteiger partial charge in [0.05, 0.1) is 0 Å². The smallest absolute Gasteiger partial charge is 0.119 e. The summed E-state index contributed by atoms with van der Waals surface area (Å²) in [6.07, 6.45) is 6.75. The zero-order valence-electron chi connectivity index (χ0n) is 22.9. The van der Waals surface area contributed by atoms with Crippen LogP contribution >= 0.6 is 0 Å². The second kappa shape index (κ2) is 13.0. The fraction of sp³-hybridized carbons (Fsp3) is 0.647. The summed E-state index contributed by atoms with van der Waals surface area (Å²) in [5, 5.41) is 19.6. The number of rotatable bonds is 3. The van der Waals surface area contributed by atoms with Crippen molar-refractivity contribution in [2.75, 3.05) is 0 Å². The molecule has 0 heterocycles. The molecule has 2 nitrogen and oxygen atoms in total. The molecule has 0 saturated heterocycles. The van der Waals surface area contributed by atoms with Crippen molar-refractivity contribution < 1.29 is 10.2 Å². The maximum atomic E-state index is 10.3. The molecule has 0 aliphatic heterocycles. The molecule has 6 unspecified atom stereocenters. The number of hydrogen-bond donors (Lipinski definition) is 2. The average molecular weight is 497 g/mol. The van der Waals surface area contributed by atoms with E-state index in [4.69, 9.17) is 0 Å². The Hall–Kier alpha value is -1.96. The summed E-state index contributed by atoms with van der Waals surface area (Å²) in [5.41, 5.74) is 4.99. The first-order valence-electron chi connectivity index (χ1n) is 13.7. The van der Waals surface area contributed by atoms with Crippen molar-refractivity contribution in [3.8, 4) is 11.5 Å². The highest BCUT2D eigenvalue weighted by Gasteiger charge is 2.56. The van der Waals surface area contributed by atoms with Gasteiger partial charge in [0.2, 0.25) is 0 Å². The molecular weight excluding hydrogens is 440 g/mol. The van der Waals surface area contributed by atoms with E-state index >= 15 is 0 Å². The van der Waals surface area contributed by atoms with E-state index in [1.807, 2.05) is 39.0 Å². The van der Waals surface area contributed by atoms with Crippen molar-refractivity contribution in [3.63, 3.8) is 0 Å². The third-order valence-electron chi connectivity index (χ3n) is 9.29. The SMILES string of the molecule is C.C.CC.CCC(C)(C)c1ccc(O)c(C)c1.Cc1ccc(O)c(C2CCC3C4CC(C)C(C4)C23)c1. The summed E-state index contributed by atoms with van der Waals surface area (Å²) in [5.74, 6) is 6.22. The highest BCUT2D eigenvalue weighted by atomic mass is 16.3. The van der Waals surface area contributed by atoms with E-state index in [2.05, 4.69) is 46.8 Å². The van der Waals surface area contributed by atoms with Gasteiger partial charge >= 0.3 is 0 Å². The van der Waals surface area contributed by atoms with Crippen LogP contribution in [0.1, 0.15) is 117 Å². The molecule has 0 spiro atoms. The van der Waals surface area contributed by atoms with Gasteiger partial charge in [0, 0.05) is 0 Å². The fourth-order valence-electron chi connectivity index (χ4n) is 7.05. The lowest BCUT2D eigenvalue weighted by molar-refractivity contribution is 0.186. The van der Waals surface area contributed by atoms with Gasteiger partial charge in [-0.25, -0.2) is 0 Å². The van der Waals surface area contributed by atoms with Crippen LogP contribution in [0.25, 0.3) is 0 Å². The van der Waals surface area contributed by atoms with Crippen LogP contribution in [0.2, 0.25) is 0 Å². The number of phenols is 2. The molecule has 6 atom stereocenters. The molecule has 5 rings (SSSR count). The Morgan fingerprint density at radius 3 is 2.11 bits per heavy atom. The first-order chi connectivity index (χ1) is 16.1. The molecule has 3 fully saturated rings. The zero-order chi connectivity index (χ0) is 25.2. The number of hydrogen-bond acceptors (Lipinski definition) is 2. The standard InChI is InChI=1S/C18H24O.C12H18O.C2H6.2CH4/c1-10-3-6-17(19)16(7-10)14-5-4-13-12-8-11(2)15(9-12)18(13)14;1-5-12(3,4)10-6-7-11(13)9(2)8-10;1-2;;/h3,6-7,11-15,18-19H,4-5,8-9H2,1-2H3;6-8,13H,5H2,1-4H3;1-2H3;2*1H4. The van der Waals surface area contributed by atoms with E-state index < -0.39 is 0 Å². The van der Waals surface area contributed by atoms with E-state index in [0.717, 1.165) is 41.6 Å². The Kier molecular flexibility index (Phi) is 11.6. The zero-order valence-corrected chi connectivity index (χ0v) is 22.9. The van der Waals surface area contributed by atoms with E-state index in [-0.39, 0.29) is 20.3 Å². The van der Waals surface area contributed by atoms with Gasteiger partial charge in [-0.3, -0.25) is 0 Å². The molecule has 3 aliphatic rings. The summed E-state index contributed by atoms with van der Waals surface area (Å²) in [6.45, 7) is 17.1. The molecule has 3 aliphatic carbocycles. The van der Waals surface area contributed by atoms with Crippen molar-refractivity contribution >= 4 is 0 Å². The highest BCUT2D eigenvalue weighted by molar-refractivity contribution is 5.40. The topological polar surface area (TPSA) is 40.5 Å². The molecule has 2 N–H and O–H groups in total. The lowest BCUT2D eigenvalue weighted by Crippen LogP contribution is -2.26. The fourth-order valence-corrected chi connectivity index (χ4v) is 7.05. The maximum absolute atomic E-state index is 10.3. The molecule has 2 heteroatoms. The molecule has 36 heavy (non-hydrogen) atoms. The minimum Gasteiger partial charge on any atom is -0.508 e. The van der Waals surface area contributed by atoms with Gasteiger partial charge in [0.25, 0.3) is 0 Å². The molecule has 0 aromatic heterocycles. The van der Waals surface area contributed by atoms with Gasteiger partial charge in [0.1, 0.15) is 11.5 Å². The number of fused-ring (bicyclic) bond motifs is 5. The predicted octanol–water partition coefficient (Wildman–Crippen LogP) is 10.2. The van der Waals surface area contributed by atoms with Crippen molar-refractivity contribution in [1.29, 1.82) is 0 Å². The highest BCUT2D eigenvalue weighted by Crippen LogP contribution is 2.65. The summed E-state index contributed by atoms with van der Waals surface area (Å²) < 4.78 is 0. The Morgan fingerprint density at radius 2 is 1.50 bits per heavy atom. The normalized spacial score (nSPS) is 27.4. The van der Waals surface area contributed by atoms with E-state index in [9.17, 15) is 10.2 Å². The van der Waals surface area contributed by atoms with Crippen LogP contribution in [0, 0.1) is 43.4 Å². The summed E-state index contributed by atoms with van der Waals surface area (Å²) >= 11 is 0. The number of aryl methyl sites for hydroxylation is 2. The molecule has 2 bridgehead atoms. The van der Waals surface area contributed by atoms with Crippen LogP contribution in [-0.4, -0.2) is 10.2 Å². The first kappa shape index (κ1) is 32.1. The Morgan fingerprint density at radius 1 is 0.861 bits per heavy atom. The Labute approximate surface area is 223 Å². The lowest BCUT2D eigenvalue weighted by atomic mass is 9.71. The lowest BCUT2D eigenvalue weighted by Gasteiger charge is -2.33. The molecule has 2 aromatic carbocycles. The molecule has 204 valence electrons. The monoisotopic (exact) mass is 496 g/mol. The molecular formula is C34H56O2. The van der Waals surface area contributed by atoms with E-state index in [0.29, 0.717) is 17.4 Å². The Bertz CT molecular complexity index is 960. The van der Waals surface area contributed by atoms with E-state index in [1.54, 1.807) is 6.07 Å². The summed E-state index contributed by atoms with van der Waals surface area (Å²) in [4.78, 5) is 0. The first-order valence-corrected chi connectivity index (χ1v) is 13.7. The van der Waals surface area contributed by atoms with Crippen LogP contribution in [0.5, 0.6) is 11.5 Å². The van der Waals surface area contributed by atoms with Crippen molar-refractivity contribution in [3.05, 3.63) is 58.7 Å². The number of aromatic hydroxyl groups is 2. The van der Waals surface area contributed by atoms with Gasteiger partial charge in [-0.05, 0) is 116 Å². The quantitative estimate of drug-likeness (QED) is 0.443. The van der Waals surface area contributed by atoms with Gasteiger partial charge in [-0.15, -0.1) is 0 Å². The Balaban J connectivity index is 0.000000340. The third kappa shape index (κ3) is 6.29. The van der Waals surface area contributed by atoms with E-state index in [1.165, 1.54) is 42.4 Å². The van der Waals surface area contributed by atoms with Crippen molar-refractivity contribution in [2.24, 2.45) is 29.6 Å². The number of phenolic OH excluding ortho intramolecular Hbond substituents is 2. The van der Waals surface area contributed by atoms with Crippen LogP contribution in [-0.2, 0) is 5.41 Å². The van der Waals surface area contributed by atoms with Gasteiger partial charge in [-0.2, -0.15) is 0 Å². The predicted molar refractivity (Wildman–Crippen MR) is 158 cm³/mol. The largest absolute Gasteiger partial charge is 0.508 e. The second-order valence-electron chi connectivity index (χ2n) is 11.6. The van der Waals surface area contributed by atoms with Crippen molar-refractivity contribution in [1.82, 2.24) is 0 Å². The number of benzene rings is 2. The second-order valence-corrected chi connectivity index (χ2v) is 11.6. The molecule has 2 aromatic rings. The van der Waals surface area contributed by atoms with Crippen molar-refractivity contribution in [2.45, 2.75) is 114 Å². The van der Waals surface area contributed by atoms with Gasteiger partial charge in [0.15, 0.2) is 0 Å². The minimum atomic E-state index is 0. The summed E-state index contributed by atoms with van der Waals surface area (Å²) in [7, 11) is 0. The van der Waals surface area contributed by atoms with Crippen LogP contribution < -0.4 is 0 Å². The minimum absolute atomic E-state index is 0. The summed E-state index contributed by atoms with van der Waals surface area (Å²) in [6, 6.07) is 12.0. The molecule has 3 saturated carbocycles. The third-order valence-corrected chi connectivity index (χ3v) is 9.29. The van der Waals surface area contributed by atoms with Crippen LogP contribution in [0.15, 0.2) is 36.4 Å². The molecule has 0 amide bonds.